The minimum Gasteiger partial charge on any atom is -0.454 e. The van der Waals surface area contributed by atoms with E-state index in [1.54, 1.807) is 0 Å². The Bertz CT molecular complexity index is 775. The van der Waals surface area contributed by atoms with Crippen LogP contribution in [-0.2, 0) is 0 Å². The maximum Gasteiger partial charge on any atom is 0.229 e. The second-order valence-corrected chi connectivity index (χ2v) is 13.6. The Morgan fingerprint density at radius 3 is 0.926 bits per heavy atom. The molecule has 0 aliphatic rings. The van der Waals surface area contributed by atoms with E-state index in [4.69, 9.17) is 9.47 Å². The molecule has 2 nitrogen and oxygen atoms in total. The summed E-state index contributed by atoms with van der Waals surface area (Å²) in [6.45, 7) is 0. The molecule has 0 spiro atoms. The van der Waals surface area contributed by atoms with Gasteiger partial charge < -0.3 is 9.47 Å². The molecule has 2 aromatic rings. The van der Waals surface area contributed by atoms with Crippen LogP contribution in [0.25, 0.3) is 0 Å². The molecule has 0 aliphatic carbocycles. The number of ether oxygens (including phenoxy) is 2. The summed E-state index contributed by atoms with van der Waals surface area (Å²) in [6.07, 6.45) is -0.475. The molecule has 0 aromatic heterocycles. The van der Waals surface area contributed by atoms with Gasteiger partial charge in [-0.3, -0.25) is 0 Å². The van der Waals surface area contributed by atoms with Crippen molar-refractivity contribution >= 4 is 176 Å². The predicted molar refractivity (Wildman–Crippen MR) is 148 cm³/mol. The molecule has 0 heterocycles. The minimum atomic E-state index is -0.475. The number of hydrogen-bond acceptors (Lipinski definition) is 2. The lowest BCUT2D eigenvalue weighted by molar-refractivity contribution is 0.0202. The van der Waals surface area contributed by atoms with Gasteiger partial charge in [0.1, 0.15) is 0 Å². The summed E-state index contributed by atoms with van der Waals surface area (Å²) >= 11 is 36.5. The van der Waals surface area contributed by atoms with Crippen LogP contribution in [0.2, 0.25) is 5.28 Å². The third kappa shape index (κ3) is 5.84. The standard InChI is InChI=1S/C14H3Br10O2.Al.2H/c1-2(25-13-9(21)5(17)3(15)6(18)10(13)22)26-14-11(23)7(19)4(16)8(20)12(14)24;;;/h2H,1H2;;;. The molecular weight excluding hydrogens is 1030 g/mol. The molecule has 0 aliphatic heterocycles. The van der Waals surface area contributed by atoms with Gasteiger partial charge >= 0.3 is 0 Å². The van der Waals surface area contributed by atoms with Crippen LogP contribution >= 0.6 is 159 Å². The topological polar surface area (TPSA) is 18.5 Å². The van der Waals surface area contributed by atoms with Gasteiger partial charge in [0, 0.05) is 8.95 Å². The fourth-order valence-corrected chi connectivity index (χ4v) is 8.56. The van der Waals surface area contributed by atoms with Gasteiger partial charge in [-0.1, -0.05) is 0 Å². The Morgan fingerprint density at radius 2 is 0.704 bits per heavy atom. The second kappa shape index (κ2) is 11.5. The average molecular weight is 1030 g/mol. The molecule has 0 amide bonds. The van der Waals surface area contributed by atoms with Crippen LogP contribution < -0.4 is 9.47 Å². The Balaban J connectivity index is 2.45. The third-order valence-corrected chi connectivity index (χ3v) is 15.9. The SMILES string of the molecule is [AlH2][CH2]C(Oc1c(Br)c(Br)c(Br)c(Br)c1Br)Oc1c(Br)c(Br)c(Br)c(Br)c1Br. The number of rotatable bonds is 5. The van der Waals surface area contributed by atoms with Crippen molar-refractivity contribution in [1.29, 1.82) is 0 Å². The van der Waals surface area contributed by atoms with Gasteiger partial charge in [0.2, 0.25) is 22.6 Å². The van der Waals surface area contributed by atoms with E-state index in [9.17, 15) is 0 Å². The van der Waals surface area contributed by atoms with Crippen LogP contribution in [0.4, 0.5) is 0 Å². The molecule has 0 N–H and O–H groups in total. The summed E-state index contributed by atoms with van der Waals surface area (Å²) in [5.41, 5.74) is 0. The maximum absolute atomic E-state index is 6.22. The highest BCUT2D eigenvalue weighted by molar-refractivity contribution is 9.16. The van der Waals surface area contributed by atoms with E-state index in [0.717, 1.165) is 66.3 Å². The summed E-state index contributed by atoms with van der Waals surface area (Å²) in [5.74, 6) is 1.28. The van der Waals surface area contributed by atoms with Gasteiger partial charge in [-0.25, -0.2) is 0 Å². The summed E-state index contributed by atoms with van der Waals surface area (Å²) in [4.78, 5) is 0. The molecule has 0 fully saturated rings. The minimum absolute atomic E-state index is 0.475. The van der Waals surface area contributed by atoms with Crippen LogP contribution in [-0.4, -0.2) is 22.6 Å². The molecule has 2 aromatic carbocycles. The van der Waals surface area contributed by atoms with Gasteiger partial charge in [-0.2, -0.15) is 0 Å². The van der Waals surface area contributed by atoms with E-state index in [1.807, 2.05) is 0 Å². The van der Waals surface area contributed by atoms with Crippen LogP contribution in [0.15, 0.2) is 44.7 Å². The summed E-state index contributed by atoms with van der Waals surface area (Å²) in [5, 5.41) is 0.758. The smallest absolute Gasteiger partial charge is 0.229 e. The quantitative estimate of drug-likeness (QED) is 0.129. The van der Waals surface area contributed by atoms with Crippen LogP contribution in [0, 0.1) is 0 Å². The van der Waals surface area contributed by atoms with Crippen molar-refractivity contribution in [1.82, 2.24) is 0 Å². The highest BCUT2D eigenvalue weighted by atomic mass is 79.9. The number of halogens is 10. The fourth-order valence-electron chi connectivity index (χ4n) is 1.83. The number of benzene rings is 2. The van der Waals surface area contributed by atoms with Crippen LogP contribution in [0.5, 0.6) is 11.5 Å². The van der Waals surface area contributed by atoms with Gasteiger partial charge in [-0.05, 0) is 165 Å². The third-order valence-electron chi connectivity index (χ3n) is 3.17. The van der Waals surface area contributed by atoms with E-state index in [1.165, 1.54) is 0 Å². The van der Waals surface area contributed by atoms with Gasteiger partial charge in [0.25, 0.3) is 0 Å². The van der Waals surface area contributed by atoms with Crippen molar-refractivity contribution in [3.8, 4) is 11.5 Å². The molecule has 0 saturated heterocycles. The zero-order valence-corrected chi connectivity index (χ0v) is 30.7. The molecule has 2 rings (SSSR count). The van der Waals surface area contributed by atoms with E-state index in [-0.39, 0.29) is 0 Å². The molecule has 0 radical (unpaired) electrons. The van der Waals surface area contributed by atoms with Crippen molar-refractivity contribution in [3.05, 3.63) is 44.7 Å². The highest BCUT2D eigenvalue weighted by Crippen LogP contribution is 2.51. The van der Waals surface area contributed by atoms with Crippen molar-refractivity contribution in [3.63, 3.8) is 0 Å². The maximum atomic E-state index is 6.22. The zero-order valence-electron chi connectivity index (χ0n) is 12.9. The van der Waals surface area contributed by atoms with Gasteiger partial charge in [-0.15, -0.1) is 0 Å². The van der Waals surface area contributed by atoms with Crippen LogP contribution in [0.1, 0.15) is 0 Å². The molecule has 146 valence electrons. The Kier molecular flexibility index (Phi) is 11.3. The first-order valence-corrected chi connectivity index (χ1v) is 16.2. The molecule has 13 heteroatoms. The first-order chi connectivity index (χ1) is 12.5. The van der Waals surface area contributed by atoms with E-state index >= 15 is 0 Å². The predicted octanol–water partition coefficient (Wildman–Crippen LogP) is 10.1. The lowest BCUT2D eigenvalue weighted by atomic mass is 10.3. The Hall–Kier alpha value is 3.37. The first kappa shape index (κ1) is 26.6. The molecule has 27 heavy (non-hydrogen) atoms. The number of hydrogen-bond donors (Lipinski definition) is 0. The normalized spacial score (nSPS) is 11.2. The second-order valence-electron chi connectivity index (χ2n) is 4.87. The molecular formula is C14H5AlBr10O2. The Morgan fingerprint density at radius 1 is 0.481 bits per heavy atom. The highest BCUT2D eigenvalue weighted by Gasteiger charge is 2.25. The molecule has 0 atom stereocenters. The molecule has 0 saturated carbocycles. The summed E-state index contributed by atoms with van der Waals surface area (Å²) < 4.78 is 20.7. The largest absolute Gasteiger partial charge is 0.454 e. The summed E-state index contributed by atoms with van der Waals surface area (Å²) in [7, 11) is 0. The Labute approximate surface area is 248 Å². The van der Waals surface area contributed by atoms with Crippen LogP contribution in [0.3, 0.4) is 0 Å². The lowest BCUT2D eigenvalue weighted by Gasteiger charge is -2.24. The lowest BCUT2D eigenvalue weighted by Crippen LogP contribution is -2.24. The van der Waals surface area contributed by atoms with Gasteiger partial charge in [0.05, 0.1) is 35.8 Å². The van der Waals surface area contributed by atoms with Crippen molar-refractivity contribution < 1.29 is 9.47 Å². The zero-order chi connectivity index (χ0) is 20.6. The first-order valence-electron chi connectivity index (χ1n) is 6.88. The van der Waals surface area contributed by atoms with Gasteiger partial charge in [0.15, 0.2) is 11.5 Å². The fraction of sp³-hybridized carbons (Fsp3) is 0.143. The van der Waals surface area contributed by atoms with E-state index < -0.39 is 6.29 Å². The molecule has 0 unspecified atom stereocenters. The van der Waals surface area contributed by atoms with Crippen molar-refractivity contribution in [2.45, 2.75) is 11.6 Å². The average Bonchev–Trinajstić information content (AvgIpc) is 2.66. The van der Waals surface area contributed by atoms with E-state index in [0.29, 0.717) is 11.5 Å². The van der Waals surface area contributed by atoms with E-state index in [2.05, 4.69) is 159 Å². The molecule has 0 bridgehead atoms. The monoisotopic (exact) mass is 1020 g/mol. The summed E-state index contributed by atoms with van der Waals surface area (Å²) in [6, 6.07) is 0. The van der Waals surface area contributed by atoms with Crippen molar-refractivity contribution in [2.75, 3.05) is 0 Å². The van der Waals surface area contributed by atoms with Crippen molar-refractivity contribution in [2.24, 2.45) is 0 Å².